The molecule has 1 aromatic carbocycles. The molecule has 0 N–H and O–H groups in total. The molecule has 0 heterocycles. The van der Waals surface area contributed by atoms with Crippen molar-refractivity contribution in [2.75, 3.05) is 6.61 Å². The number of carbonyl (C=O) groups is 1. The van der Waals surface area contributed by atoms with E-state index in [0.717, 1.165) is 5.56 Å². The summed E-state index contributed by atoms with van der Waals surface area (Å²) in [4.78, 5) is 10.9. The molecule has 0 aliphatic rings. The third-order valence-corrected chi connectivity index (χ3v) is 1.61. The second-order valence-corrected chi connectivity index (χ2v) is 2.69. The lowest BCUT2D eigenvalue weighted by atomic mass is 10.2. The van der Waals surface area contributed by atoms with E-state index >= 15 is 0 Å². The lowest BCUT2D eigenvalue weighted by Crippen LogP contribution is -2.02. The lowest BCUT2D eigenvalue weighted by molar-refractivity contribution is -0.138. The van der Waals surface area contributed by atoms with Gasteiger partial charge in [-0.15, -0.1) is 0 Å². The minimum Gasteiger partial charge on any atom is -0.466 e. The maximum Gasteiger partial charge on any atom is 0.313 e. The largest absolute Gasteiger partial charge is 0.466 e. The quantitative estimate of drug-likeness (QED) is 0.680. The molecule has 73 valence electrons. The summed E-state index contributed by atoms with van der Waals surface area (Å²) in [6, 6.07) is 9.78. The Bertz CT molecular complexity index is 301. The summed E-state index contributed by atoms with van der Waals surface area (Å²) in [6.45, 7) is 2.20. The number of hydrogen-bond acceptors (Lipinski definition) is 2. The molecule has 0 aliphatic heterocycles. The summed E-state index contributed by atoms with van der Waals surface area (Å²) in [7, 11) is 0. The van der Waals surface area contributed by atoms with Crippen LogP contribution in [0.25, 0.3) is 6.08 Å². The lowest BCUT2D eigenvalue weighted by Gasteiger charge is -1.96. The molecule has 2 nitrogen and oxygen atoms in total. The highest BCUT2D eigenvalue weighted by Gasteiger charge is 1.96. The maximum atomic E-state index is 10.9. The standard InChI is InChI=1S/C12H13O2/c1-2-14-12(13)10-6-9-11-7-4-3-5-8-11/h3-10H,2H2,1H3/b9-6+. The summed E-state index contributed by atoms with van der Waals surface area (Å²) in [5.41, 5.74) is 1.06. The Hall–Kier alpha value is -1.57. The fraction of sp³-hybridized carbons (Fsp3) is 0.167. The first-order valence-corrected chi connectivity index (χ1v) is 4.56. The van der Waals surface area contributed by atoms with E-state index < -0.39 is 0 Å². The van der Waals surface area contributed by atoms with E-state index in [1.54, 1.807) is 13.0 Å². The normalized spacial score (nSPS) is 10.4. The van der Waals surface area contributed by atoms with Crippen LogP contribution < -0.4 is 0 Å². The molecular weight excluding hydrogens is 176 g/mol. The molecule has 0 atom stereocenters. The van der Waals surface area contributed by atoms with Crippen molar-refractivity contribution in [2.45, 2.75) is 6.92 Å². The van der Waals surface area contributed by atoms with Crippen LogP contribution in [0.4, 0.5) is 0 Å². The minimum absolute atomic E-state index is 0.306. The van der Waals surface area contributed by atoms with Gasteiger partial charge in [0.1, 0.15) is 0 Å². The van der Waals surface area contributed by atoms with E-state index in [1.165, 1.54) is 6.42 Å². The summed E-state index contributed by atoms with van der Waals surface area (Å²) in [5, 5.41) is 0. The van der Waals surface area contributed by atoms with Crippen LogP contribution in [0, 0.1) is 6.42 Å². The van der Waals surface area contributed by atoms with E-state index in [1.807, 2.05) is 36.4 Å². The van der Waals surface area contributed by atoms with E-state index in [-0.39, 0.29) is 5.97 Å². The average Bonchev–Trinajstić information content (AvgIpc) is 2.20. The van der Waals surface area contributed by atoms with Gasteiger partial charge in [0.05, 0.1) is 13.0 Å². The molecule has 0 spiro atoms. The third kappa shape index (κ3) is 3.90. The molecule has 14 heavy (non-hydrogen) atoms. The van der Waals surface area contributed by atoms with E-state index in [2.05, 4.69) is 0 Å². The number of benzene rings is 1. The number of esters is 1. The summed E-state index contributed by atoms with van der Waals surface area (Å²) >= 11 is 0. The molecular formula is C12H13O2. The van der Waals surface area contributed by atoms with Crippen molar-refractivity contribution in [2.24, 2.45) is 0 Å². The van der Waals surface area contributed by atoms with Gasteiger partial charge >= 0.3 is 5.97 Å². The van der Waals surface area contributed by atoms with Crippen molar-refractivity contribution >= 4 is 12.0 Å². The van der Waals surface area contributed by atoms with Crippen LogP contribution >= 0.6 is 0 Å². The van der Waals surface area contributed by atoms with Crippen molar-refractivity contribution in [1.82, 2.24) is 0 Å². The molecule has 2 heteroatoms. The Kier molecular flexibility index (Phi) is 4.48. The van der Waals surface area contributed by atoms with E-state index in [0.29, 0.717) is 6.61 Å². The molecule has 1 radical (unpaired) electrons. The monoisotopic (exact) mass is 189 g/mol. The second-order valence-electron chi connectivity index (χ2n) is 2.69. The molecule has 0 amide bonds. The van der Waals surface area contributed by atoms with E-state index in [9.17, 15) is 4.79 Å². The van der Waals surface area contributed by atoms with Crippen LogP contribution in [0.3, 0.4) is 0 Å². The fourth-order valence-corrected chi connectivity index (χ4v) is 0.992. The summed E-state index contributed by atoms with van der Waals surface area (Å²) in [5.74, 6) is -0.306. The first-order chi connectivity index (χ1) is 6.83. The molecule has 0 saturated heterocycles. The number of ether oxygens (including phenoxy) is 1. The molecule has 1 rings (SSSR count). The van der Waals surface area contributed by atoms with Crippen molar-refractivity contribution in [1.29, 1.82) is 0 Å². The number of rotatable bonds is 4. The van der Waals surface area contributed by atoms with Crippen LogP contribution in [0.2, 0.25) is 0 Å². The second kappa shape index (κ2) is 5.97. The van der Waals surface area contributed by atoms with Gasteiger partial charge in [-0.05, 0) is 12.5 Å². The predicted molar refractivity (Wildman–Crippen MR) is 56.4 cm³/mol. The zero-order valence-electron chi connectivity index (χ0n) is 8.14. The molecule has 0 bridgehead atoms. The SMILES string of the molecule is CCOC(=O)[CH]/C=C/c1ccccc1. The van der Waals surface area contributed by atoms with Crippen LogP contribution in [0.15, 0.2) is 36.4 Å². The molecule has 0 fully saturated rings. The van der Waals surface area contributed by atoms with Gasteiger partial charge in [0, 0.05) is 0 Å². The van der Waals surface area contributed by atoms with Crippen LogP contribution in [-0.4, -0.2) is 12.6 Å². The van der Waals surface area contributed by atoms with Gasteiger partial charge in [-0.3, -0.25) is 4.79 Å². The number of hydrogen-bond donors (Lipinski definition) is 0. The zero-order valence-corrected chi connectivity index (χ0v) is 8.14. The van der Waals surface area contributed by atoms with Crippen molar-refractivity contribution < 1.29 is 9.53 Å². The van der Waals surface area contributed by atoms with E-state index in [4.69, 9.17) is 4.74 Å². The van der Waals surface area contributed by atoms with Gasteiger partial charge in [0.25, 0.3) is 0 Å². The Balaban J connectivity index is 2.38. The Labute approximate surface area is 84.2 Å². The van der Waals surface area contributed by atoms with Crippen LogP contribution in [-0.2, 0) is 9.53 Å². The third-order valence-electron chi connectivity index (χ3n) is 1.61. The highest BCUT2D eigenvalue weighted by molar-refractivity contribution is 5.82. The van der Waals surface area contributed by atoms with Crippen molar-refractivity contribution in [3.05, 3.63) is 48.4 Å². The predicted octanol–water partition coefficient (Wildman–Crippen LogP) is 2.47. The Morgan fingerprint density at radius 3 is 2.71 bits per heavy atom. The van der Waals surface area contributed by atoms with Crippen molar-refractivity contribution in [3.63, 3.8) is 0 Å². The highest BCUT2D eigenvalue weighted by atomic mass is 16.5. The fourth-order valence-electron chi connectivity index (χ4n) is 0.992. The molecule has 0 aromatic heterocycles. The van der Waals surface area contributed by atoms with Gasteiger partial charge in [-0.25, -0.2) is 0 Å². The average molecular weight is 189 g/mol. The minimum atomic E-state index is -0.306. The maximum absolute atomic E-state index is 10.9. The molecule has 0 unspecified atom stereocenters. The van der Waals surface area contributed by atoms with Crippen LogP contribution in [0.5, 0.6) is 0 Å². The van der Waals surface area contributed by atoms with Crippen molar-refractivity contribution in [3.8, 4) is 0 Å². The number of carbonyl (C=O) groups excluding carboxylic acids is 1. The van der Waals surface area contributed by atoms with Gasteiger partial charge in [-0.2, -0.15) is 0 Å². The molecule has 0 aliphatic carbocycles. The van der Waals surface area contributed by atoms with Crippen LogP contribution in [0.1, 0.15) is 12.5 Å². The summed E-state index contributed by atoms with van der Waals surface area (Å²) in [6.07, 6.45) is 4.96. The molecule has 0 saturated carbocycles. The molecule has 1 aromatic rings. The van der Waals surface area contributed by atoms with Gasteiger partial charge < -0.3 is 4.74 Å². The topological polar surface area (TPSA) is 26.3 Å². The smallest absolute Gasteiger partial charge is 0.313 e. The highest BCUT2D eigenvalue weighted by Crippen LogP contribution is 2.01. The Morgan fingerprint density at radius 2 is 2.07 bits per heavy atom. The van der Waals surface area contributed by atoms with Gasteiger partial charge in [0.15, 0.2) is 0 Å². The van der Waals surface area contributed by atoms with Gasteiger partial charge in [-0.1, -0.05) is 42.5 Å². The summed E-state index contributed by atoms with van der Waals surface area (Å²) < 4.78 is 4.73. The first kappa shape index (κ1) is 10.5. The Morgan fingerprint density at radius 1 is 1.36 bits per heavy atom. The van der Waals surface area contributed by atoms with Gasteiger partial charge in [0.2, 0.25) is 0 Å². The zero-order chi connectivity index (χ0) is 10.2. The first-order valence-electron chi connectivity index (χ1n) is 4.56.